The molecule has 2 unspecified atom stereocenters. The van der Waals surface area contributed by atoms with Crippen molar-refractivity contribution in [3.63, 3.8) is 0 Å². The Morgan fingerprint density at radius 2 is 1.96 bits per heavy atom. The molecule has 3 fully saturated rings. The maximum absolute atomic E-state index is 13.1. The van der Waals surface area contributed by atoms with Gasteiger partial charge in [0.2, 0.25) is 11.8 Å². The van der Waals surface area contributed by atoms with Crippen molar-refractivity contribution in [2.75, 3.05) is 37.7 Å². The predicted octanol–water partition coefficient (Wildman–Crippen LogP) is 0.0715. The topological polar surface area (TPSA) is 84.0 Å². The van der Waals surface area contributed by atoms with Gasteiger partial charge in [-0.05, 0) is 5.41 Å². The van der Waals surface area contributed by atoms with E-state index in [0.717, 1.165) is 0 Å². The number of likely N-dealkylation sites (tertiary alicyclic amines) is 1. The summed E-state index contributed by atoms with van der Waals surface area (Å²) < 4.78 is 29.4. The highest BCUT2D eigenvalue weighted by atomic mass is 32.2. The molecule has 0 N–H and O–H groups in total. The summed E-state index contributed by atoms with van der Waals surface area (Å²) in [7, 11) is -3.06. The van der Waals surface area contributed by atoms with Gasteiger partial charge >= 0.3 is 0 Å². The molecule has 1 spiro atoms. The Bertz CT molecular complexity index is 770. The summed E-state index contributed by atoms with van der Waals surface area (Å²) in [6.07, 6.45) is 3.47. The van der Waals surface area contributed by atoms with Crippen molar-refractivity contribution in [2.24, 2.45) is 17.3 Å². The van der Waals surface area contributed by atoms with Gasteiger partial charge in [0.05, 0.1) is 36.0 Å². The molecule has 0 saturated carbocycles. The molecule has 2 bridgehead atoms. The summed E-state index contributed by atoms with van der Waals surface area (Å²) in [6, 6.07) is 0. The molecule has 8 heteroatoms. The Hall–Kier alpha value is -1.41. The SMILES string of the molecule is CC(C)(C)CN1C[C@@]23C=C[C@@H](O2)C(C(=O)N2CCS(=O)(=O)CC2)C3C1=O. The number of rotatable bonds is 2. The van der Waals surface area contributed by atoms with Gasteiger partial charge in [0.25, 0.3) is 0 Å². The van der Waals surface area contributed by atoms with Crippen LogP contribution in [0.2, 0.25) is 0 Å². The fourth-order valence-electron chi connectivity index (χ4n) is 4.71. The molecule has 7 nitrogen and oxygen atoms in total. The highest BCUT2D eigenvalue weighted by Gasteiger charge is 2.67. The van der Waals surface area contributed by atoms with E-state index in [1.54, 1.807) is 4.90 Å². The highest BCUT2D eigenvalue weighted by molar-refractivity contribution is 7.91. The van der Waals surface area contributed by atoms with Crippen LogP contribution in [-0.2, 0) is 24.2 Å². The number of amides is 2. The Morgan fingerprint density at radius 3 is 2.58 bits per heavy atom. The minimum atomic E-state index is -3.06. The van der Waals surface area contributed by atoms with Gasteiger partial charge in [0.15, 0.2) is 9.84 Å². The summed E-state index contributed by atoms with van der Waals surface area (Å²) in [5.41, 5.74) is -0.734. The number of hydrogen-bond donors (Lipinski definition) is 0. The number of carbonyl (C=O) groups excluding carboxylic acids is 2. The molecule has 3 saturated heterocycles. The first-order valence-electron chi connectivity index (χ1n) is 9.17. The lowest BCUT2D eigenvalue weighted by Crippen LogP contribution is -2.50. The quantitative estimate of drug-likeness (QED) is 0.631. The zero-order chi connectivity index (χ0) is 18.9. The second-order valence-electron chi connectivity index (χ2n) is 9.13. The third-order valence-electron chi connectivity index (χ3n) is 5.79. The van der Waals surface area contributed by atoms with E-state index in [9.17, 15) is 18.0 Å². The van der Waals surface area contributed by atoms with Gasteiger partial charge in [-0.15, -0.1) is 0 Å². The molecule has 4 aliphatic rings. The first-order valence-corrected chi connectivity index (χ1v) is 11.0. The molecule has 4 aliphatic heterocycles. The van der Waals surface area contributed by atoms with Gasteiger partial charge in [-0.1, -0.05) is 32.9 Å². The van der Waals surface area contributed by atoms with E-state index in [1.165, 1.54) is 0 Å². The largest absolute Gasteiger partial charge is 0.360 e. The minimum Gasteiger partial charge on any atom is -0.360 e. The predicted molar refractivity (Wildman–Crippen MR) is 95.0 cm³/mol. The van der Waals surface area contributed by atoms with Crippen LogP contribution in [0.3, 0.4) is 0 Å². The van der Waals surface area contributed by atoms with Crippen LogP contribution in [0.1, 0.15) is 20.8 Å². The number of nitrogens with zero attached hydrogens (tertiary/aromatic N) is 2. The molecule has 0 aromatic heterocycles. The van der Waals surface area contributed by atoms with Crippen molar-refractivity contribution in [3.8, 4) is 0 Å². The second kappa shape index (κ2) is 5.55. The summed E-state index contributed by atoms with van der Waals surface area (Å²) in [6.45, 7) is 7.75. The van der Waals surface area contributed by atoms with E-state index in [2.05, 4.69) is 20.8 Å². The van der Waals surface area contributed by atoms with E-state index in [0.29, 0.717) is 13.1 Å². The molecule has 0 aromatic carbocycles. The van der Waals surface area contributed by atoms with Crippen LogP contribution in [0.4, 0.5) is 0 Å². The highest BCUT2D eigenvalue weighted by Crippen LogP contribution is 2.52. The molecule has 26 heavy (non-hydrogen) atoms. The van der Waals surface area contributed by atoms with Crippen LogP contribution >= 0.6 is 0 Å². The summed E-state index contributed by atoms with van der Waals surface area (Å²) in [5, 5.41) is 0. The van der Waals surface area contributed by atoms with Crippen molar-refractivity contribution in [1.29, 1.82) is 0 Å². The van der Waals surface area contributed by atoms with Gasteiger partial charge in [-0.3, -0.25) is 9.59 Å². The fraction of sp³-hybridized carbons (Fsp3) is 0.778. The second-order valence-corrected chi connectivity index (χ2v) is 11.4. The van der Waals surface area contributed by atoms with Crippen molar-refractivity contribution in [2.45, 2.75) is 32.5 Å². The standard InChI is InChI=1S/C18H26N2O5S/c1-17(2,3)10-20-11-18-5-4-12(25-18)13(14(18)16(20)22)15(21)19-6-8-26(23,24)9-7-19/h4-5,12-14H,6-11H2,1-3H3/t12-,13?,14?,18-/m1/s1. The lowest BCUT2D eigenvalue weighted by Gasteiger charge is -2.32. The zero-order valence-corrected chi connectivity index (χ0v) is 16.3. The summed E-state index contributed by atoms with van der Waals surface area (Å²) in [5.74, 6) is -1.22. The Morgan fingerprint density at radius 1 is 1.31 bits per heavy atom. The van der Waals surface area contributed by atoms with Crippen LogP contribution in [0.15, 0.2) is 12.2 Å². The lowest BCUT2D eigenvalue weighted by molar-refractivity contribution is -0.143. The van der Waals surface area contributed by atoms with Gasteiger partial charge in [0, 0.05) is 19.6 Å². The molecule has 0 radical (unpaired) electrons. The van der Waals surface area contributed by atoms with E-state index < -0.39 is 27.3 Å². The van der Waals surface area contributed by atoms with E-state index in [4.69, 9.17) is 4.74 Å². The van der Waals surface area contributed by atoms with Crippen LogP contribution in [0, 0.1) is 17.3 Å². The monoisotopic (exact) mass is 382 g/mol. The number of ether oxygens (including phenoxy) is 1. The first kappa shape index (κ1) is 18.0. The number of sulfone groups is 1. The van der Waals surface area contributed by atoms with Crippen molar-refractivity contribution < 1.29 is 22.7 Å². The van der Waals surface area contributed by atoms with Crippen molar-refractivity contribution >= 4 is 21.7 Å². The zero-order valence-electron chi connectivity index (χ0n) is 15.5. The normalized spacial score (nSPS) is 38.1. The Labute approximate surface area is 154 Å². The van der Waals surface area contributed by atoms with Crippen LogP contribution < -0.4 is 0 Å². The average Bonchev–Trinajstić information content (AvgIpc) is 3.14. The number of carbonyl (C=O) groups is 2. The van der Waals surface area contributed by atoms with E-state index in [1.807, 2.05) is 17.1 Å². The fourth-order valence-corrected chi connectivity index (χ4v) is 5.91. The van der Waals surface area contributed by atoms with Gasteiger partial charge in [-0.25, -0.2) is 8.42 Å². The molecule has 144 valence electrons. The molecule has 0 aromatic rings. The maximum Gasteiger partial charge on any atom is 0.230 e. The van der Waals surface area contributed by atoms with E-state index >= 15 is 0 Å². The lowest BCUT2D eigenvalue weighted by atomic mass is 9.76. The average molecular weight is 382 g/mol. The summed E-state index contributed by atoms with van der Waals surface area (Å²) >= 11 is 0. The molecule has 4 heterocycles. The van der Waals surface area contributed by atoms with Crippen LogP contribution in [0.5, 0.6) is 0 Å². The van der Waals surface area contributed by atoms with Gasteiger partial charge in [-0.2, -0.15) is 0 Å². The molecular weight excluding hydrogens is 356 g/mol. The first-order chi connectivity index (χ1) is 12.0. The van der Waals surface area contributed by atoms with Crippen molar-refractivity contribution in [1.82, 2.24) is 9.80 Å². The van der Waals surface area contributed by atoms with Gasteiger partial charge in [0.1, 0.15) is 5.60 Å². The molecule has 2 amide bonds. The Kier molecular flexibility index (Phi) is 3.83. The van der Waals surface area contributed by atoms with Crippen molar-refractivity contribution in [3.05, 3.63) is 12.2 Å². The smallest absolute Gasteiger partial charge is 0.230 e. The molecule has 4 atom stereocenters. The summed E-state index contributed by atoms with van der Waals surface area (Å²) in [4.78, 5) is 29.6. The number of hydrogen-bond acceptors (Lipinski definition) is 5. The number of fused-ring (bicyclic) bond motifs is 1. The Balaban J connectivity index is 1.56. The minimum absolute atomic E-state index is 0.00721. The molecule has 4 rings (SSSR count). The third kappa shape index (κ3) is 2.78. The molecule has 0 aliphatic carbocycles. The van der Waals surface area contributed by atoms with Crippen LogP contribution in [-0.4, -0.2) is 79.4 Å². The molecular formula is C18H26N2O5S. The van der Waals surface area contributed by atoms with Gasteiger partial charge < -0.3 is 14.5 Å². The van der Waals surface area contributed by atoms with Crippen LogP contribution in [0.25, 0.3) is 0 Å². The maximum atomic E-state index is 13.1. The third-order valence-corrected chi connectivity index (χ3v) is 7.39. The van der Waals surface area contributed by atoms with E-state index in [-0.39, 0.29) is 47.9 Å².